The molecule has 0 atom stereocenters. The monoisotopic (exact) mass is 394 g/mol. The number of rotatable bonds is 5. The number of nitrogens with zero attached hydrogens (tertiary/aromatic N) is 3. The van der Waals surface area contributed by atoms with Crippen LogP contribution in [0.2, 0.25) is 0 Å². The van der Waals surface area contributed by atoms with Crippen molar-refractivity contribution in [2.24, 2.45) is 0 Å². The number of amides is 1. The van der Waals surface area contributed by atoms with Gasteiger partial charge in [-0.05, 0) is 11.6 Å². The number of hydrogen-bond donors (Lipinski definition) is 1. The molecule has 3 rings (SSSR count). The van der Waals surface area contributed by atoms with Crippen molar-refractivity contribution < 1.29 is 18.0 Å². The van der Waals surface area contributed by atoms with E-state index in [4.69, 9.17) is 0 Å². The lowest BCUT2D eigenvalue weighted by atomic mass is 10.2. The zero-order valence-electron chi connectivity index (χ0n) is 13.7. The second kappa shape index (κ2) is 7.70. The van der Waals surface area contributed by atoms with Crippen LogP contribution in [0.15, 0.2) is 53.5 Å². The highest BCUT2D eigenvalue weighted by atomic mass is 32.1. The van der Waals surface area contributed by atoms with Gasteiger partial charge >= 0.3 is 6.18 Å². The highest BCUT2D eigenvalue weighted by molar-refractivity contribution is 7.13. The van der Waals surface area contributed by atoms with Crippen molar-refractivity contribution in [2.45, 2.75) is 19.3 Å². The Morgan fingerprint density at radius 2 is 1.85 bits per heavy atom. The first-order valence-electron chi connectivity index (χ1n) is 7.75. The molecule has 140 valence electrons. The van der Waals surface area contributed by atoms with Crippen molar-refractivity contribution in [3.8, 4) is 0 Å². The second-order valence-electron chi connectivity index (χ2n) is 5.55. The van der Waals surface area contributed by atoms with Gasteiger partial charge in [0.25, 0.3) is 11.5 Å². The van der Waals surface area contributed by atoms with Gasteiger partial charge in [-0.15, -0.1) is 10.2 Å². The van der Waals surface area contributed by atoms with Gasteiger partial charge in [-0.1, -0.05) is 41.7 Å². The fraction of sp³-hybridized carbons (Fsp3) is 0.176. The Morgan fingerprint density at radius 3 is 2.56 bits per heavy atom. The Bertz CT molecular complexity index is 999. The molecule has 1 aromatic carbocycles. The molecule has 1 N–H and O–H groups in total. The maximum Gasteiger partial charge on any atom is 0.417 e. The summed E-state index contributed by atoms with van der Waals surface area (Å²) in [4.78, 5) is 23.9. The second-order valence-corrected chi connectivity index (χ2v) is 6.61. The summed E-state index contributed by atoms with van der Waals surface area (Å²) in [7, 11) is 0. The van der Waals surface area contributed by atoms with Crippen LogP contribution in [0.1, 0.15) is 25.9 Å². The van der Waals surface area contributed by atoms with Crippen molar-refractivity contribution in [2.75, 3.05) is 0 Å². The topological polar surface area (TPSA) is 76.9 Å². The number of alkyl halides is 3. The molecule has 2 aromatic heterocycles. The van der Waals surface area contributed by atoms with Crippen LogP contribution in [0.25, 0.3) is 0 Å². The van der Waals surface area contributed by atoms with Gasteiger partial charge < -0.3 is 9.88 Å². The zero-order chi connectivity index (χ0) is 19.4. The largest absolute Gasteiger partial charge is 0.417 e. The number of nitrogens with one attached hydrogen (secondary N) is 1. The van der Waals surface area contributed by atoms with Crippen LogP contribution in [0.4, 0.5) is 13.2 Å². The van der Waals surface area contributed by atoms with Gasteiger partial charge in [0.05, 0.1) is 12.1 Å². The van der Waals surface area contributed by atoms with Gasteiger partial charge in [0, 0.05) is 18.8 Å². The number of carbonyl (C=O) groups excluding carboxylic acids is 1. The molecule has 0 radical (unpaired) electrons. The first-order valence-corrected chi connectivity index (χ1v) is 8.57. The molecule has 2 heterocycles. The van der Waals surface area contributed by atoms with E-state index in [1.165, 1.54) is 0 Å². The van der Waals surface area contributed by atoms with E-state index in [1.807, 2.05) is 30.3 Å². The number of halogens is 3. The number of carbonyl (C=O) groups is 1. The molecular weight excluding hydrogens is 381 g/mol. The lowest BCUT2D eigenvalue weighted by Crippen LogP contribution is -2.22. The summed E-state index contributed by atoms with van der Waals surface area (Å²) in [6.07, 6.45) is -3.84. The fourth-order valence-electron chi connectivity index (χ4n) is 2.23. The normalized spacial score (nSPS) is 11.4. The van der Waals surface area contributed by atoms with E-state index >= 15 is 0 Å². The average molecular weight is 394 g/mol. The predicted octanol–water partition coefficient (Wildman–Crippen LogP) is 2.70. The first kappa shape index (κ1) is 18.8. The fourth-order valence-corrected chi connectivity index (χ4v) is 2.99. The van der Waals surface area contributed by atoms with Crippen LogP contribution in [0, 0.1) is 0 Å². The summed E-state index contributed by atoms with van der Waals surface area (Å²) in [6, 6.07) is 10.8. The molecular formula is C17H13F3N4O2S. The van der Waals surface area contributed by atoms with Crippen molar-refractivity contribution in [1.82, 2.24) is 20.1 Å². The summed E-state index contributed by atoms with van der Waals surface area (Å²) >= 11 is 0.918. The molecule has 6 nitrogen and oxygen atoms in total. The van der Waals surface area contributed by atoms with Crippen molar-refractivity contribution in [1.29, 1.82) is 0 Å². The molecule has 0 aliphatic heterocycles. The van der Waals surface area contributed by atoms with E-state index in [0.29, 0.717) is 6.54 Å². The van der Waals surface area contributed by atoms with Crippen LogP contribution in [0.3, 0.4) is 0 Å². The standard InChI is InChI=1S/C17H13F3N4O2S/c18-17(19,20)12-6-7-14(25)24(9-12)10-13-22-23-16(27-13)15(26)21-8-11-4-2-1-3-5-11/h1-7,9H,8,10H2,(H,21,26). The molecule has 0 aliphatic carbocycles. The quantitative estimate of drug-likeness (QED) is 0.722. The summed E-state index contributed by atoms with van der Waals surface area (Å²) < 4.78 is 39.2. The molecule has 1 amide bonds. The van der Waals surface area contributed by atoms with Gasteiger partial charge in [-0.2, -0.15) is 13.2 Å². The van der Waals surface area contributed by atoms with Gasteiger partial charge in [0.2, 0.25) is 5.01 Å². The molecule has 0 saturated carbocycles. The van der Waals surface area contributed by atoms with Gasteiger partial charge in [0.1, 0.15) is 5.01 Å². The van der Waals surface area contributed by atoms with E-state index in [1.54, 1.807) is 0 Å². The zero-order valence-corrected chi connectivity index (χ0v) is 14.5. The van der Waals surface area contributed by atoms with E-state index in [-0.39, 0.29) is 16.6 Å². The van der Waals surface area contributed by atoms with Gasteiger partial charge in [0.15, 0.2) is 0 Å². The van der Waals surface area contributed by atoms with Crippen LogP contribution < -0.4 is 10.9 Å². The minimum Gasteiger partial charge on any atom is -0.346 e. The molecule has 0 fully saturated rings. The van der Waals surface area contributed by atoms with Crippen LogP contribution >= 0.6 is 11.3 Å². The van der Waals surface area contributed by atoms with Crippen molar-refractivity contribution in [3.63, 3.8) is 0 Å². The van der Waals surface area contributed by atoms with Crippen LogP contribution in [-0.4, -0.2) is 20.7 Å². The molecule has 0 bridgehead atoms. The van der Waals surface area contributed by atoms with E-state index in [0.717, 1.165) is 39.8 Å². The molecule has 0 unspecified atom stereocenters. The first-order chi connectivity index (χ1) is 12.8. The third-order valence-corrected chi connectivity index (χ3v) is 4.48. The Morgan fingerprint density at radius 1 is 1.11 bits per heavy atom. The maximum absolute atomic E-state index is 12.8. The van der Waals surface area contributed by atoms with Crippen LogP contribution in [0.5, 0.6) is 0 Å². The third-order valence-electron chi connectivity index (χ3n) is 3.57. The third kappa shape index (κ3) is 4.79. The Labute approximate surface area is 155 Å². The molecule has 0 aliphatic rings. The summed E-state index contributed by atoms with van der Waals surface area (Å²) in [6.45, 7) is 0.105. The summed E-state index contributed by atoms with van der Waals surface area (Å²) in [5.74, 6) is -0.445. The number of benzene rings is 1. The lowest BCUT2D eigenvalue weighted by molar-refractivity contribution is -0.138. The minimum atomic E-state index is -4.56. The Balaban J connectivity index is 1.69. The average Bonchev–Trinajstić information content (AvgIpc) is 3.10. The van der Waals surface area contributed by atoms with Crippen molar-refractivity contribution in [3.05, 3.63) is 80.2 Å². The Kier molecular flexibility index (Phi) is 5.36. The molecule has 0 spiro atoms. The van der Waals surface area contributed by atoms with E-state index < -0.39 is 23.2 Å². The molecule has 27 heavy (non-hydrogen) atoms. The SMILES string of the molecule is O=C(NCc1ccccc1)c1nnc(Cn2cc(C(F)(F)F)ccc2=O)s1. The minimum absolute atomic E-state index is 0.0703. The van der Waals surface area contributed by atoms with Crippen molar-refractivity contribution >= 4 is 17.2 Å². The van der Waals surface area contributed by atoms with E-state index in [9.17, 15) is 22.8 Å². The number of aromatic nitrogens is 3. The Hall–Kier alpha value is -3.01. The maximum atomic E-state index is 12.8. The lowest BCUT2D eigenvalue weighted by Gasteiger charge is -2.09. The highest BCUT2D eigenvalue weighted by Crippen LogP contribution is 2.28. The number of hydrogen-bond acceptors (Lipinski definition) is 5. The van der Waals surface area contributed by atoms with Crippen LogP contribution in [-0.2, 0) is 19.3 Å². The highest BCUT2D eigenvalue weighted by Gasteiger charge is 2.31. The smallest absolute Gasteiger partial charge is 0.346 e. The molecule has 10 heteroatoms. The van der Waals surface area contributed by atoms with Gasteiger partial charge in [-0.25, -0.2) is 0 Å². The predicted molar refractivity (Wildman–Crippen MR) is 92.3 cm³/mol. The van der Waals surface area contributed by atoms with Gasteiger partial charge in [-0.3, -0.25) is 9.59 Å². The molecule has 3 aromatic rings. The number of pyridine rings is 1. The summed E-state index contributed by atoms with van der Waals surface area (Å²) in [5, 5.41) is 10.5. The molecule has 0 saturated heterocycles. The summed E-state index contributed by atoms with van der Waals surface area (Å²) in [5.41, 5.74) is -0.633. The van der Waals surface area contributed by atoms with E-state index in [2.05, 4.69) is 15.5 Å².